The van der Waals surface area contributed by atoms with Gasteiger partial charge in [-0.2, -0.15) is 0 Å². The molecule has 8 rings (SSSR count). The lowest BCUT2D eigenvalue weighted by atomic mass is 9.69. The molecule has 0 aromatic heterocycles. The Kier molecular flexibility index (Phi) is 6.53. The summed E-state index contributed by atoms with van der Waals surface area (Å²) in [5, 5.41) is 0. The van der Waals surface area contributed by atoms with E-state index in [0.29, 0.717) is 0 Å². The fourth-order valence-corrected chi connectivity index (χ4v) is 9.27. The van der Waals surface area contributed by atoms with Gasteiger partial charge in [-0.1, -0.05) is 111 Å². The second-order valence-corrected chi connectivity index (χ2v) is 14.6. The number of nitrogen functional groups attached to an aromatic ring is 2. The molecule has 0 heterocycles. The molecule has 2 aliphatic carbocycles. The summed E-state index contributed by atoms with van der Waals surface area (Å²) < 4.78 is 0. The average molecular weight is 611 g/mol. The molecular weight excluding hydrogens is 569 g/mol. The van der Waals surface area contributed by atoms with E-state index < -0.39 is 0 Å². The van der Waals surface area contributed by atoms with Gasteiger partial charge in [0.15, 0.2) is 0 Å². The van der Waals surface area contributed by atoms with Crippen LogP contribution < -0.4 is 11.5 Å². The lowest BCUT2D eigenvalue weighted by Crippen LogP contribution is -2.30. The summed E-state index contributed by atoms with van der Waals surface area (Å²) in [6.45, 7) is 9.17. The fourth-order valence-electron chi connectivity index (χ4n) is 9.27. The van der Waals surface area contributed by atoms with Crippen LogP contribution in [0.25, 0.3) is 22.3 Å². The van der Waals surface area contributed by atoms with E-state index in [1.165, 1.54) is 66.8 Å². The molecule has 2 atom stereocenters. The molecule has 2 aliphatic rings. The maximum absolute atomic E-state index is 6.39. The van der Waals surface area contributed by atoms with Crippen LogP contribution >= 0.6 is 0 Å². The van der Waals surface area contributed by atoms with Crippen LogP contribution in [0.2, 0.25) is 0 Å². The van der Waals surface area contributed by atoms with Gasteiger partial charge in [0.05, 0.1) is 0 Å². The van der Waals surface area contributed by atoms with Gasteiger partial charge in [-0.05, 0) is 130 Å². The van der Waals surface area contributed by atoms with Crippen LogP contribution in [-0.4, -0.2) is 0 Å². The number of anilines is 2. The predicted octanol–water partition coefficient (Wildman–Crippen LogP) is 10.5. The van der Waals surface area contributed by atoms with Crippen molar-refractivity contribution >= 4 is 11.4 Å². The quantitative estimate of drug-likeness (QED) is 0.195. The zero-order valence-corrected chi connectivity index (χ0v) is 27.8. The number of hydrogen-bond acceptors (Lipinski definition) is 2. The zero-order valence-electron chi connectivity index (χ0n) is 27.8. The topological polar surface area (TPSA) is 52.0 Å². The van der Waals surface area contributed by atoms with E-state index in [1.54, 1.807) is 0 Å². The Morgan fingerprint density at radius 1 is 0.426 bits per heavy atom. The van der Waals surface area contributed by atoms with Gasteiger partial charge in [-0.3, -0.25) is 0 Å². The zero-order chi connectivity index (χ0) is 32.6. The Morgan fingerprint density at radius 2 is 0.830 bits per heavy atom. The molecule has 2 nitrogen and oxygen atoms in total. The van der Waals surface area contributed by atoms with E-state index in [9.17, 15) is 0 Å². The molecular formula is C45H42N2. The molecule has 47 heavy (non-hydrogen) atoms. The molecule has 0 saturated carbocycles. The number of nitrogens with two attached hydrogens (primary N) is 2. The van der Waals surface area contributed by atoms with Crippen LogP contribution in [0.4, 0.5) is 11.4 Å². The molecule has 2 unspecified atom stereocenters. The van der Waals surface area contributed by atoms with E-state index in [0.717, 1.165) is 24.2 Å². The van der Waals surface area contributed by atoms with Gasteiger partial charge in [0.25, 0.3) is 0 Å². The van der Waals surface area contributed by atoms with Crippen LogP contribution in [0.1, 0.15) is 71.2 Å². The van der Waals surface area contributed by atoms with E-state index in [4.69, 9.17) is 11.5 Å². The highest BCUT2D eigenvalue weighted by molar-refractivity contribution is 5.76. The summed E-state index contributed by atoms with van der Waals surface area (Å²) >= 11 is 0. The number of hydrogen-bond donors (Lipinski definition) is 2. The van der Waals surface area contributed by atoms with Gasteiger partial charge in [0.2, 0.25) is 0 Å². The first-order valence-electron chi connectivity index (χ1n) is 16.8. The molecule has 0 saturated heterocycles. The fraction of sp³-hybridized carbons (Fsp3) is 0.200. The molecule has 232 valence electrons. The monoisotopic (exact) mass is 610 g/mol. The van der Waals surface area contributed by atoms with Crippen molar-refractivity contribution in [1.29, 1.82) is 0 Å². The minimum atomic E-state index is -0.212. The van der Waals surface area contributed by atoms with Gasteiger partial charge in [0.1, 0.15) is 0 Å². The third kappa shape index (κ3) is 4.53. The summed E-state index contributed by atoms with van der Waals surface area (Å²) in [4.78, 5) is 0. The molecule has 0 fully saturated rings. The average Bonchev–Trinajstić information content (AvgIpc) is 3.48. The smallest absolute Gasteiger partial charge is 0.0322 e. The molecule has 6 aromatic rings. The number of fused-ring (bicyclic) bond motifs is 4. The van der Waals surface area contributed by atoms with Crippen LogP contribution in [0.15, 0.2) is 133 Å². The van der Waals surface area contributed by atoms with Crippen molar-refractivity contribution in [2.24, 2.45) is 0 Å². The Morgan fingerprint density at radius 3 is 1.21 bits per heavy atom. The molecule has 0 radical (unpaired) electrons. The van der Waals surface area contributed by atoms with Crippen molar-refractivity contribution in [3.05, 3.63) is 178 Å². The van der Waals surface area contributed by atoms with E-state index >= 15 is 0 Å². The highest BCUT2D eigenvalue weighted by Gasteiger charge is 2.59. The van der Waals surface area contributed by atoms with Gasteiger partial charge in [-0.15, -0.1) is 0 Å². The van der Waals surface area contributed by atoms with Crippen molar-refractivity contribution < 1.29 is 0 Å². The summed E-state index contributed by atoms with van der Waals surface area (Å²) in [5.41, 5.74) is 29.4. The van der Waals surface area contributed by atoms with Crippen molar-refractivity contribution in [2.45, 2.75) is 56.8 Å². The van der Waals surface area contributed by atoms with Crippen LogP contribution in [0, 0.1) is 13.8 Å². The van der Waals surface area contributed by atoms with Crippen LogP contribution in [0.5, 0.6) is 0 Å². The Hall–Kier alpha value is -5.08. The molecule has 6 aromatic carbocycles. The minimum Gasteiger partial charge on any atom is -0.399 e. The molecule has 0 aliphatic heterocycles. The van der Waals surface area contributed by atoms with E-state index in [-0.39, 0.29) is 16.2 Å². The summed E-state index contributed by atoms with van der Waals surface area (Å²) in [5.74, 6) is 0. The maximum atomic E-state index is 6.39. The number of benzene rings is 6. The summed E-state index contributed by atoms with van der Waals surface area (Å²) in [6.07, 6.45) is 1.99. The number of aryl methyl sites for hydroxylation is 2. The highest BCUT2D eigenvalue weighted by Crippen LogP contribution is 2.66. The Labute approximate surface area is 279 Å². The van der Waals surface area contributed by atoms with Gasteiger partial charge in [-0.25, -0.2) is 0 Å². The standard InChI is InChI=1S/C45H42N2/c1-29-19-33(23-37(46)21-29)31-15-17-39-41(25-31)45(27-43(39,3)35-11-7-5-8-12-35)28-44(4,36-13-9-6-10-14-36)40-18-16-32(26-42(40)45)34-20-30(2)22-38(47)24-34/h5-26H,27-28,46-47H2,1-4H3. The summed E-state index contributed by atoms with van der Waals surface area (Å²) in [7, 11) is 0. The molecule has 2 heteroatoms. The van der Waals surface area contributed by atoms with Gasteiger partial charge < -0.3 is 11.5 Å². The lowest BCUT2D eigenvalue weighted by molar-refractivity contribution is 0.374. The maximum Gasteiger partial charge on any atom is 0.0322 e. The molecule has 0 amide bonds. The van der Waals surface area contributed by atoms with Crippen molar-refractivity contribution in [1.82, 2.24) is 0 Å². The second-order valence-electron chi connectivity index (χ2n) is 14.6. The van der Waals surface area contributed by atoms with E-state index in [1.807, 2.05) is 12.1 Å². The third-order valence-corrected chi connectivity index (χ3v) is 11.3. The molecule has 4 N–H and O–H groups in total. The summed E-state index contributed by atoms with van der Waals surface area (Å²) in [6, 6.07) is 49.5. The van der Waals surface area contributed by atoms with Crippen molar-refractivity contribution in [3.8, 4) is 22.3 Å². The first-order chi connectivity index (χ1) is 22.6. The van der Waals surface area contributed by atoms with Gasteiger partial charge >= 0.3 is 0 Å². The second kappa shape index (κ2) is 10.5. The van der Waals surface area contributed by atoms with Crippen molar-refractivity contribution in [3.63, 3.8) is 0 Å². The third-order valence-electron chi connectivity index (χ3n) is 11.3. The van der Waals surface area contributed by atoms with Crippen LogP contribution in [0.3, 0.4) is 0 Å². The first kappa shape index (κ1) is 29.3. The van der Waals surface area contributed by atoms with Crippen molar-refractivity contribution in [2.75, 3.05) is 11.5 Å². The predicted molar refractivity (Wildman–Crippen MR) is 198 cm³/mol. The largest absolute Gasteiger partial charge is 0.399 e. The van der Waals surface area contributed by atoms with Crippen LogP contribution in [-0.2, 0) is 16.2 Å². The van der Waals surface area contributed by atoms with Gasteiger partial charge in [0, 0.05) is 27.6 Å². The molecule has 0 bridgehead atoms. The highest BCUT2D eigenvalue weighted by atomic mass is 14.6. The number of rotatable bonds is 4. The SMILES string of the molecule is Cc1cc(N)cc(-c2ccc3c(c2)C2(CC3(C)c3ccccc3)CC(C)(c3ccccc3)c3ccc(-c4cc(C)cc(N)c4)cc32)c1. The first-order valence-corrected chi connectivity index (χ1v) is 16.8. The molecule has 1 spiro atoms. The Balaban J connectivity index is 1.43. The minimum absolute atomic E-state index is 0.163. The normalized spacial score (nSPS) is 22.7. The van der Waals surface area contributed by atoms with E-state index in [2.05, 4.69) is 149 Å². The lowest BCUT2D eigenvalue weighted by Gasteiger charge is -2.33. The Bertz CT molecular complexity index is 1970.